The number of hydrogen-bond donors (Lipinski definition) is 2. The number of rotatable bonds is 2. The number of nitrogens with two attached hydrogens (primary N) is 1. The van der Waals surface area contributed by atoms with Crippen LogP contribution >= 0.6 is 0 Å². The van der Waals surface area contributed by atoms with Gasteiger partial charge < -0.3 is 11.1 Å². The summed E-state index contributed by atoms with van der Waals surface area (Å²) in [5.41, 5.74) is 6.52. The first-order valence-corrected chi connectivity index (χ1v) is 7.03. The second kappa shape index (κ2) is 4.66. The zero-order valence-electron chi connectivity index (χ0n) is 12.7. The van der Waals surface area contributed by atoms with Crippen molar-refractivity contribution in [3.05, 3.63) is 11.9 Å². The summed E-state index contributed by atoms with van der Waals surface area (Å²) in [5, 5.41) is 3.54. The molecule has 1 aliphatic rings. The van der Waals surface area contributed by atoms with Gasteiger partial charge in [0.25, 0.3) is 0 Å². The number of hydrogen-bond acceptors (Lipinski definition) is 4. The van der Waals surface area contributed by atoms with Gasteiger partial charge in [0.15, 0.2) is 0 Å². The Balaban J connectivity index is 2.14. The van der Waals surface area contributed by atoms with Gasteiger partial charge in [-0.25, -0.2) is 9.97 Å². The molecule has 1 aliphatic carbocycles. The van der Waals surface area contributed by atoms with Crippen molar-refractivity contribution in [2.24, 2.45) is 10.8 Å². The standard InChI is InChI=1S/C15H26N4/c1-10-17-12(16)6-13(18-10)19-11-7-14(2,3)9-15(4,5)8-11/h6,11H,7-9H2,1-5H3,(H3,16,17,18,19). The fourth-order valence-electron chi connectivity index (χ4n) is 3.82. The summed E-state index contributed by atoms with van der Waals surface area (Å²) in [5.74, 6) is 2.10. The Morgan fingerprint density at radius 3 is 2.26 bits per heavy atom. The predicted octanol–water partition coefficient (Wildman–Crippen LogP) is 3.38. The Labute approximate surface area is 116 Å². The highest BCUT2D eigenvalue weighted by Gasteiger charge is 2.38. The van der Waals surface area contributed by atoms with Crippen LogP contribution in [0.5, 0.6) is 0 Å². The van der Waals surface area contributed by atoms with Crippen LogP contribution in [0.4, 0.5) is 11.6 Å². The maximum Gasteiger partial charge on any atom is 0.132 e. The first kappa shape index (κ1) is 14.1. The molecule has 0 amide bonds. The molecule has 1 fully saturated rings. The highest BCUT2D eigenvalue weighted by molar-refractivity contribution is 5.45. The minimum atomic E-state index is 0.368. The highest BCUT2D eigenvalue weighted by Crippen LogP contribution is 2.46. The third-order valence-corrected chi connectivity index (χ3v) is 3.76. The zero-order valence-corrected chi connectivity index (χ0v) is 12.7. The fraction of sp³-hybridized carbons (Fsp3) is 0.733. The van der Waals surface area contributed by atoms with E-state index in [1.54, 1.807) is 0 Å². The van der Waals surface area contributed by atoms with E-state index in [0.717, 1.165) is 11.6 Å². The summed E-state index contributed by atoms with van der Waals surface area (Å²) in [6.07, 6.45) is 3.60. The molecular weight excluding hydrogens is 236 g/mol. The van der Waals surface area contributed by atoms with Crippen LogP contribution in [0.2, 0.25) is 0 Å². The van der Waals surface area contributed by atoms with Crippen LogP contribution < -0.4 is 11.1 Å². The zero-order chi connectivity index (χ0) is 14.3. The third kappa shape index (κ3) is 3.82. The first-order valence-electron chi connectivity index (χ1n) is 7.03. The number of anilines is 2. The highest BCUT2D eigenvalue weighted by atomic mass is 15.1. The van der Waals surface area contributed by atoms with Crippen LogP contribution in [-0.2, 0) is 0 Å². The van der Waals surface area contributed by atoms with Crippen LogP contribution in [0.3, 0.4) is 0 Å². The monoisotopic (exact) mass is 262 g/mol. The second-order valence-electron chi connectivity index (χ2n) is 7.48. The van der Waals surface area contributed by atoms with Crippen LogP contribution in [0.15, 0.2) is 6.07 Å². The summed E-state index contributed by atoms with van der Waals surface area (Å²) in [7, 11) is 0. The molecule has 0 aliphatic heterocycles. The van der Waals surface area contributed by atoms with E-state index in [2.05, 4.69) is 43.0 Å². The van der Waals surface area contributed by atoms with Crippen molar-refractivity contribution in [1.82, 2.24) is 9.97 Å². The molecule has 0 aromatic carbocycles. The van der Waals surface area contributed by atoms with Gasteiger partial charge >= 0.3 is 0 Å². The quantitative estimate of drug-likeness (QED) is 0.857. The van der Waals surface area contributed by atoms with Crippen molar-refractivity contribution in [2.75, 3.05) is 11.1 Å². The summed E-state index contributed by atoms with van der Waals surface area (Å²) >= 11 is 0. The molecule has 0 saturated heterocycles. The van der Waals surface area contributed by atoms with E-state index in [1.807, 2.05) is 13.0 Å². The second-order valence-corrected chi connectivity index (χ2v) is 7.48. The molecule has 0 spiro atoms. The van der Waals surface area contributed by atoms with Crippen LogP contribution in [-0.4, -0.2) is 16.0 Å². The smallest absolute Gasteiger partial charge is 0.132 e. The Morgan fingerprint density at radius 2 is 1.74 bits per heavy atom. The Morgan fingerprint density at radius 1 is 1.16 bits per heavy atom. The molecule has 1 aromatic heterocycles. The number of nitrogens with zero attached hydrogens (tertiary/aromatic N) is 2. The average Bonchev–Trinajstić information content (AvgIpc) is 2.08. The number of aromatic nitrogens is 2. The summed E-state index contributed by atoms with van der Waals surface area (Å²) < 4.78 is 0. The molecule has 0 bridgehead atoms. The fourth-order valence-corrected chi connectivity index (χ4v) is 3.82. The Bertz CT molecular complexity index is 429. The molecular formula is C15H26N4. The van der Waals surface area contributed by atoms with E-state index in [4.69, 9.17) is 5.73 Å². The maximum atomic E-state index is 5.78. The van der Waals surface area contributed by atoms with Crippen molar-refractivity contribution in [1.29, 1.82) is 0 Å². The van der Waals surface area contributed by atoms with Crippen molar-refractivity contribution in [3.8, 4) is 0 Å². The maximum absolute atomic E-state index is 5.78. The topological polar surface area (TPSA) is 63.8 Å². The largest absolute Gasteiger partial charge is 0.384 e. The molecule has 0 radical (unpaired) electrons. The molecule has 1 aromatic rings. The van der Waals surface area contributed by atoms with Crippen molar-refractivity contribution in [2.45, 2.75) is 59.9 Å². The molecule has 19 heavy (non-hydrogen) atoms. The number of aryl methyl sites for hydroxylation is 1. The summed E-state index contributed by atoms with van der Waals surface area (Å²) in [4.78, 5) is 8.53. The first-order chi connectivity index (χ1) is 8.65. The lowest BCUT2D eigenvalue weighted by Gasteiger charge is -2.45. The molecule has 0 atom stereocenters. The van der Waals surface area contributed by atoms with Crippen LogP contribution in [0.1, 0.15) is 52.8 Å². The minimum Gasteiger partial charge on any atom is -0.384 e. The van der Waals surface area contributed by atoms with Gasteiger partial charge in [-0.2, -0.15) is 0 Å². The van der Waals surface area contributed by atoms with Gasteiger partial charge in [0.1, 0.15) is 17.5 Å². The van der Waals surface area contributed by atoms with E-state index in [1.165, 1.54) is 19.3 Å². The number of nitrogen functional groups attached to an aromatic ring is 1. The molecule has 0 unspecified atom stereocenters. The van der Waals surface area contributed by atoms with E-state index in [-0.39, 0.29) is 0 Å². The normalized spacial score (nSPS) is 22.2. The van der Waals surface area contributed by atoms with Gasteiger partial charge in [-0.15, -0.1) is 0 Å². The van der Waals surface area contributed by atoms with Crippen molar-refractivity contribution >= 4 is 11.6 Å². The van der Waals surface area contributed by atoms with Gasteiger partial charge in [-0.05, 0) is 37.0 Å². The Hall–Kier alpha value is -1.32. The van der Waals surface area contributed by atoms with Gasteiger partial charge in [-0.3, -0.25) is 0 Å². The van der Waals surface area contributed by atoms with Crippen molar-refractivity contribution < 1.29 is 0 Å². The molecule has 1 saturated carbocycles. The lowest BCUT2D eigenvalue weighted by atomic mass is 9.63. The van der Waals surface area contributed by atoms with E-state index < -0.39 is 0 Å². The molecule has 3 N–H and O–H groups in total. The van der Waals surface area contributed by atoms with E-state index in [9.17, 15) is 0 Å². The predicted molar refractivity (Wildman–Crippen MR) is 80.0 cm³/mol. The van der Waals surface area contributed by atoms with Crippen LogP contribution in [0.25, 0.3) is 0 Å². The van der Waals surface area contributed by atoms with Gasteiger partial charge in [0.05, 0.1) is 0 Å². The van der Waals surface area contributed by atoms with Gasteiger partial charge in [0.2, 0.25) is 0 Å². The van der Waals surface area contributed by atoms with Gasteiger partial charge in [-0.1, -0.05) is 27.7 Å². The SMILES string of the molecule is Cc1nc(N)cc(NC2CC(C)(C)CC(C)(C)C2)n1. The van der Waals surface area contributed by atoms with Crippen molar-refractivity contribution in [3.63, 3.8) is 0 Å². The number of nitrogens with one attached hydrogen (secondary N) is 1. The average molecular weight is 262 g/mol. The third-order valence-electron chi connectivity index (χ3n) is 3.76. The van der Waals surface area contributed by atoms with E-state index in [0.29, 0.717) is 22.7 Å². The van der Waals surface area contributed by atoms with Crippen LogP contribution in [0, 0.1) is 17.8 Å². The van der Waals surface area contributed by atoms with E-state index >= 15 is 0 Å². The van der Waals surface area contributed by atoms with Gasteiger partial charge in [0, 0.05) is 12.1 Å². The molecule has 1 heterocycles. The molecule has 4 nitrogen and oxygen atoms in total. The Kier molecular flexibility index (Phi) is 3.45. The summed E-state index contributed by atoms with van der Waals surface area (Å²) in [6.45, 7) is 11.3. The minimum absolute atomic E-state index is 0.368. The lowest BCUT2D eigenvalue weighted by molar-refractivity contribution is 0.105. The summed E-state index contributed by atoms with van der Waals surface area (Å²) in [6, 6.07) is 2.27. The molecule has 4 heteroatoms. The molecule has 2 rings (SSSR count). The lowest BCUT2D eigenvalue weighted by Crippen LogP contribution is -2.40. The molecule has 106 valence electrons.